The minimum absolute atomic E-state index is 0.146. The van der Waals surface area contributed by atoms with E-state index in [9.17, 15) is 4.79 Å². The lowest BCUT2D eigenvalue weighted by Crippen LogP contribution is -2.46. The average molecular weight is 365 g/mol. The molecule has 2 N–H and O–H groups in total. The molecule has 2 rings (SSSR count). The first kappa shape index (κ1) is 19.3. The second kappa shape index (κ2) is 9.49. The first-order chi connectivity index (χ1) is 12.1. The molecule has 1 aromatic carbocycles. The second-order valence-electron chi connectivity index (χ2n) is 5.74. The first-order valence-electron chi connectivity index (χ1n) is 8.50. The first-order valence-corrected chi connectivity index (χ1v) is 8.87. The Balaban J connectivity index is 2.06. The van der Waals surface area contributed by atoms with Gasteiger partial charge in [-0.25, -0.2) is 4.79 Å². The van der Waals surface area contributed by atoms with Crippen LogP contribution < -0.4 is 10.6 Å². The van der Waals surface area contributed by atoms with Gasteiger partial charge < -0.3 is 20.1 Å². The van der Waals surface area contributed by atoms with Crippen LogP contribution in [-0.2, 0) is 20.8 Å². The molecule has 0 bridgehead atoms. The minimum Gasteiger partial charge on any atom is -0.494 e. The van der Waals surface area contributed by atoms with Crippen molar-refractivity contribution in [2.75, 3.05) is 13.2 Å². The Hall–Kier alpha value is -1.98. The molecule has 1 aliphatic rings. The van der Waals surface area contributed by atoms with E-state index in [4.69, 9.17) is 21.1 Å². The molecule has 0 amide bonds. The van der Waals surface area contributed by atoms with Crippen molar-refractivity contribution in [1.29, 1.82) is 0 Å². The number of hydrogen-bond acceptors (Lipinski definition) is 5. The van der Waals surface area contributed by atoms with Gasteiger partial charge in [0.25, 0.3) is 0 Å². The predicted molar refractivity (Wildman–Crippen MR) is 100 cm³/mol. The van der Waals surface area contributed by atoms with Crippen molar-refractivity contribution in [3.8, 4) is 0 Å². The van der Waals surface area contributed by atoms with E-state index in [-0.39, 0.29) is 12.0 Å². The standard InChI is InChI=1S/C19H25ClN2O3/c1-4-10-25-13(3)16-11-15(20)7-6-14(16)12-22-17-8-9-21-18(17)19(23)24-5-2/h6-9,11,17-18,21-22H,3-5,10,12H2,1-2H3. The number of benzene rings is 1. The Kier molecular flexibility index (Phi) is 7.34. The van der Waals surface area contributed by atoms with Crippen molar-refractivity contribution in [2.45, 2.75) is 38.9 Å². The van der Waals surface area contributed by atoms with Gasteiger partial charge in [0.15, 0.2) is 0 Å². The van der Waals surface area contributed by atoms with Crippen molar-refractivity contribution in [1.82, 2.24) is 10.6 Å². The van der Waals surface area contributed by atoms with E-state index < -0.39 is 6.04 Å². The molecule has 1 aliphatic heterocycles. The van der Waals surface area contributed by atoms with Crippen LogP contribution in [0, 0.1) is 0 Å². The van der Waals surface area contributed by atoms with Gasteiger partial charge in [0, 0.05) is 17.1 Å². The highest BCUT2D eigenvalue weighted by Crippen LogP contribution is 2.24. The van der Waals surface area contributed by atoms with Crippen molar-refractivity contribution < 1.29 is 14.3 Å². The maximum absolute atomic E-state index is 12.0. The third-order valence-electron chi connectivity index (χ3n) is 3.86. The topological polar surface area (TPSA) is 59.6 Å². The van der Waals surface area contributed by atoms with Crippen molar-refractivity contribution in [2.24, 2.45) is 0 Å². The van der Waals surface area contributed by atoms with E-state index >= 15 is 0 Å². The average Bonchev–Trinajstić information content (AvgIpc) is 3.07. The molecule has 0 fully saturated rings. The molecule has 1 aromatic rings. The molecule has 2 atom stereocenters. The molecule has 136 valence electrons. The number of esters is 1. The number of carbonyl (C=O) groups is 1. The predicted octanol–water partition coefficient (Wildman–Crippen LogP) is 3.24. The van der Waals surface area contributed by atoms with Crippen LogP contribution >= 0.6 is 11.6 Å². The van der Waals surface area contributed by atoms with Gasteiger partial charge in [-0.05, 0) is 43.3 Å². The van der Waals surface area contributed by atoms with Gasteiger partial charge in [-0.15, -0.1) is 0 Å². The van der Waals surface area contributed by atoms with Crippen LogP contribution in [-0.4, -0.2) is 31.3 Å². The Labute approximate surface area is 154 Å². The number of carbonyl (C=O) groups excluding carboxylic acids is 1. The zero-order valence-corrected chi connectivity index (χ0v) is 15.4. The van der Waals surface area contributed by atoms with Crippen LogP contribution in [0.15, 0.2) is 37.1 Å². The number of ether oxygens (including phenoxy) is 2. The molecule has 25 heavy (non-hydrogen) atoms. The van der Waals surface area contributed by atoms with Gasteiger partial charge >= 0.3 is 5.97 Å². The summed E-state index contributed by atoms with van der Waals surface area (Å²) in [7, 11) is 0. The van der Waals surface area contributed by atoms with Gasteiger partial charge in [0.1, 0.15) is 11.8 Å². The van der Waals surface area contributed by atoms with E-state index in [1.165, 1.54) is 0 Å². The van der Waals surface area contributed by atoms with Crippen LogP contribution in [0.1, 0.15) is 31.4 Å². The molecule has 6 heteroatoms. The van der Waals surface area contributed by atoms with Gasteiger partial charge in [-0.1, -0.05) is 31.2 Å². The summed E-state index contributed by atoms with van der Waals surface area (Å²) in [6.07, 6.45) is 4.60. The number of nitrogens with one attached hydrogen (secondary N) is 2. The van der Waals surface area contributed by atoms with Gasteiger partial charge in [-0.3, -0.25) is 0 Å². The fourth-order valence-corrected chi connectivity index (χ4v) is 2.78. The van der Waals surface area contributed by atoms with E-state index in [2.05, 4.69) is 17.2 Å². The van der Waals surface area contributed by atoms with E-state index in [0.717, 1.165) is 17.5 Å². The third kappa shape index (κ3) is 5.25. The molecule has 0 aromatic heterocycles. The van der Waals surface area contributed by atoms with Crippen molar-refractivity contribution in [3.63, 3.8) is 0 Å². The Morgan fingerprint density at radius 2 is 2.16 bits per heavy atom. The third-order valence-corrected chi connectivity index (χ3v) is 4.10. The van der Waals surface area contributed by atoms with E-state index in [0.29, 0.717) is 30.5 Å². The molecule has 0 aliphatic carbocycles. The molecule has 0 saturated heterocycles. The van der Waals surface area contributed by atoms with Crippen LogP contribution in [0.25, 0.3) is 5.76 Å². The Morgan fingerprint density at radius 1 is 1.36 bits per heavy atom. The minimum atomic E-state index is -0.421. The Morgan fingerprint density at radius 3 is 2.88 bits per heavy atom. The molecular weight excluding hydrogens is 340 g/mol. The smallest absolute Gasteiger partial charge is 0.330 e. The summed E-state index contributed by atoms with van der Waals surface area (Å²) >= 11 is 6.12. The zero-order chi connectivity index (χ0) is 18.2. The highest BCUT2D eigenvalue weighted by atomic mass is 35.5. The van der Waals surface area contributed by atoms with E-state index in [1.54, 1.807) is 13.1 Å². The molecular formula is C19H25ClN2O3. The van der Waals surface area contributed by atoms with Crippen LogP contribution in [0.3, 0.4) is 0 Å². The molecule has 2 unspecified atom stereocenters. The summed E-state index contributed by atoms with van der Waals surface area (Å²) in [6, 6.07) is 5.06. The fraction of sp³-hybridized carbons (Fsp3) is 0.421. The maximum atomic E-state index is 12.0. The molecule has 0 radical (unpaired) electrons. The van der Waals surface area contributed by atoms with Crippen molar-refractivity contribution >= 4 is 23.3 Å². The molecule has 1 heterocycles. The summed E-state index contributed by atoms with van der Waals surface area (Å²) in [5.41, 5.74) is 1.88. The lowest BCUT2D eigenvalue weighted by molar-refractivity contribution is -0.145. The molecule has 5 nitrogen and oxygen atoms in total. The van der Waals surface area contributed by atoms with Crippen LogP contribution in [0.4, 0.5) is 0 Å². The zero-order valence-electron chi connectivity index (χ0n) is 14.7. The number of hydrogen-bond donors (Lipinski definition) is 2. The summed E-state index contributed by atoms with van der Waals surface area (Å²) in [5, 5.41) is 7.02. The monoisotopic (exact) mass is 364 g/mol. The summed E-state index contributed by atoms with van der Waals surface area (Å²) < 4.78 is 10.8. The second-order valence-corrected chi connectivity index (χ2v) is 6.17. The highest BCUT2D eigenvalue weighted by molar-refractivity contribution is 6.30. The van der Waals surface area contributed by atoms with Gasteiger partial charge in [-0.2, -0.15) is 0 Å². The number of halogens is 1. The quantitative estimate of drug-likeness (QED) is 0.520. The van der Waals surface area contributed by atoms with Crippen LogP contribution in [0.2, 0.25) is 5.02 Å². The SMILES string of the molecule is C=C(OCCC)c1cc(Cl)ccc1CNC1C=CNC1C(=O)OCC. The van der Waals surface area contributed by atoms with Gasteiger partial charge in [0.2, 0.25) is 0 Å². The van der Waals surface area contributed by atoms with Crippen molar-refractivity contribution in [3.05, 3.63) is 53.2 Å². The van der Waals surface area contributed by atoms with E-state index in [1.807, 2.05) is 31.2 Å². The van der Waals surface area contributed by atoms with Crippen LogP contribution in [0.5, 0.6) is 0 Å². The normalized spacial score (nSPS) is 18.7. The Bertz CT molecular complexity index is 646. The maximum Gasteiger partial charge on any atom is 0.330 e. The highest BCUT2D eigenvalue weighted by Gasteiger charge is 2.30. The lowest BCUT2D eigenvalue weighted by atomic mass is 10.0. The molecule has 0 saturated carbocycles. The van der Waals surface area contributed by atoms with Gasteiger partial charge in [0.05, 0.1) is 19.3 Å². The molecule has 0 spiro atoms. The summed E-state index contributed by atoms with van der Waals surface area (Å²) in [4.78, 5) is 12.0. The number of rotatable bonds is 9. The summed E-state index contributed by atoms with van der Waals surface area (Å²) in [5.74, 6) is 0.334. The summed E-state index contributed by atoms with van der Waals surface area (Å²) in [6.45, 7) is 9.36. The lowest BCUT2D eigenvalue weighted by Gasteiger charge is -2.21. The fourth-order valence-electron chi connectivity index (χ4n) is 2.60. The largest absolute Gasteiger partial charge is 0.494 e.